The van der Waals surface area contributed by atoms with Crippen LogP contribution in [0, 0.1) is 23.2 Å². The molecule has 4 rings (SSSR count). The van der Waals surface area contributed by atoms with Crippen molar-refractivity contribution in [1.29, 1.82) is 0 Å². The fraction of sp³-hybridized carbons (Fsp3) is 0.639. The molecule has 3 aliphatic heterocycles. The Morgan fingerprint density at radius 3 is 2.31 bits per heavy atom. The first-order valence-corrected chi connectivity index (χ1v) is 17.2. The standard InChI is InChI=1S/C36H53N3O5S/c1-10-18-37(25-14-16-26(17-15-25)44-12-3)31(41)28-27-22-24(4)36(45-27)29(28)32(42)38(20-13-21-40)30(36)33(43)39(19-11-2)35(8,9)23-34(5,6)7/h10-11,14-17,24,27-30,40H,1-2,12-13,18-23H2,3-9H3/t24?,27-,28+,29+,30?,36?/m1/s1. The van der Waals surface area contributed by atoms with E-state index in [0.717, 1.165) is 24.3 Å². The Bertz CT molecular complexity index is 1270. The number of likely N-dealkylation sites (tertiary alicyclic amines) is 1. The second-order valence-electron chi connectivity index (χ2n) is 14.6. The summed E-state index contributed by atoms with van der Waals surface area (Å²) in [5.41, 5.74) is 0.180. The van der Waals surface area contributed by atoms with Crippen LogP contribution in [-0.2, 0) is 14.4 Å². The fourth-order valence-electron chi connectivity index (χ4n) is 8.39. The third kappa shape index (κ3) is 6.44. The van der Waals surface area contributed by atoms with Gasteiger partial charge in [0.15, 0.2) is 0 Å². The van der Waals surface area contributed by atoms with E-state index in [2.05, 4.69) is 54.7 Å². The second kappa shape index (κ2) is 13.5. The van der Waals surface area contributed by atoms with Gasteiger partial charge in [-0.05, 0) is 75.6 Å². The number of benzene rings is 1. The molecule has 3 amide bonds. The summed E-state index contributed by atoms with van der Waals surface area (Å²) in [7, 11) is 0. The maximum atomic E-state index is 15.0. The summed E-state index contributed by atoms with van der Waals surface area (Å²) in [4.78, 5) is 49.4. The molecule has 1 aromatic carbocycles. The van der Waals surface area contributed by atoms with Gasteiger partial charge in [0.05, 0.1) is 23.2 Å². The Morgan fingerprint density at radius 2 is 1.76 bits per heavy atom. The largest absolute Gasteiger partial charge is 0.494 e. The molecule has 3 aliphatic rings. The van der Waals surface area contributed by atoms with Crippen molar-refractivity contribution in [2.75, 3.05) is 37.7 Å². The summed E-state index contributed by atoms with van der Waals surface area (Å²) in [6, 6.07) is 6.70. The summed E-state index contributed by atoms with van der Waals surface area (Å²) >= 11 is 1.68. The SMILES string of the molecule is C=CCN(C(=O)[C@@H]1[C@H]2C(=O)N(CCCO)C(C(=O)N(CC=C)C(C)(C)CC(C)(C)C)C23S[C@@H]1CC3C)c1ccc(OCC)cc1. The van der Waals surface area contributed by atoms with Gasteiger partial charge in [-0.2, -0.15) is 0 Å². The number of hydrogen-bond donors (Lipinski definition) is 1. The third-order valence-corrected chi connectivity index (χ3v) is 11.7. The molecule has 0 aliphatic carbocycles. The van der Waals surface area contributed by atoms with E-state index >= 15 is 0 Å². The number of rotatable bonds is 14. The van der Waals surface area contributed by atoms with Gasteiger partial charge in [0.2, 0.25) is 17.7 Å². The molecule has 0 radical (unpaired) electrons. The van der Waals surface area contributed by atoms with Crippen LogP contribution < -0.4 is 9.64 Å². The molecule has 1 N–H and O–H groups in total. The summed E-state index contributed by atoms with van der Waals surface area (Å²) in [6.07, 6.45) is 5.33. The zero-order valence-corrected chi connectivity index (χ0v) is 29.1. The average Bonchev–Trinajstić information content (AvgIpc) is 3.55. The van der Waals surface area contributed by atoms with Crippen molar-refractivity contribution in [2.45, 2.75) is 89.3 Å². The first-order valence-electron chi connectivity index (χ1n) is 16.3. The number of hydrogen-bond acceptors (Lipinski definition) is 6. The number of amides is 3. The van der Waals surface area contributed by atoms with Crippen molar-refractivity contribution >= 4 is 35.2 Å². The van der Waals surface area contributed by atoms with Gasteiger partial charge in [0.25, 0.3) is 0 Å². The summed E-state index contributed by atoms with van der Waals surface area (Å²) in [5.74, 6) is -0.804. The van der Waals surface area contributed by atoms with Crippen molar-refractivity contribution in [3.8, 4) is 5.75 Å². The van der Waals surface area contributed by atoms with Crippen molar-refractivity contribution in [3.63, 3.8) is 0 Å². The van der Waals surface area contributed by atoms with Crippen LogP contribution in [0.3, 0.4) is 0 Å². The summed E-state index contributed by atoms with van der Waals surface area (Å²) in [5, 5.41) is 9.71. The highest BCUT2D eigenvalue weighted by molar-refractivity contribution is 8.02. The van der Waals surface area contributed by atoms with Crippen molar-refractivity contribution in [1.82, 2.24) is 9.80 Å². The van der Waals surface area contributed by atoms with Crippen molar-refractivity contribution in [2.24, 2.45) is 23.2 Å². The van der Waals surface area contributed by atoms with Gasteiger partial charge >= 0.3 is 0 Å². The Hall–Kier alpha value is -2.78. The zero-order valence-electron chi connectivity index (χ0n) is 28.3. The highest BCUT2D eigenvalue weighted by Crippen LogP contribution is 2.69. The zero-order chi connectivity index (χ0) is 33.3. The minimum absolute atomic E-state index is 0.0348. The van der Waals surface area contributed by atoms with Crippen LogP contribution in [0.4, 0.5) is 5.69 Å². The minimum atomic E-state index is -0.746. The normalized spacial score (nSPS) is 27.3. The van der Waals surface area contributed by atoms with E-state index in [-0.39, 0.29) is 47.5 Å². The van der Waals surface area contributed by atoms with E-state index in [1.54, 1.807) is 33.7 Å². The van der Waals surface area contributed by atoms with E-state index in [0.29, 0.717) is 26.1 Å². The Kier molecular flexibility index (Phi) is 10.5. The van der Waals surface area contributed by atoms with Gasteiger partial charge in [0.1, 0.15) is 11.8 Å². The van der Waals surface area contributed by atoms with E-state index in [1.807, 2.05) is 36.1 Å². The average molecular weight is 640 g/mol. The molecule has 0 aromatic heterocycles. The number of fused-ring (bicyclic) bond motifs is 1. The predicted octanol–water partition coefficient (Wildman–Crippen LogP) is 5.55. The van der Waals surface area contributed by atoms with Gasteiger partial charge in [-0.1, -0.05) is 39.8 Å². The Morgan fingerprint density at radius 1 is 1.11 bits per heavy atom. The number of carbonyl (C=O) groups excluding carboxylic acids is 3. The number of thioether (sulfide) groups is 1. The van der Waals surface area contributed by atoms with E-state index in [9.17, 15) is 19.5 Å². The second-order valence-corrected chi connectivity index (χ2v) is 16.2. The van der Waals surface area contributed by atoms with Crippen molar-refractivity contribution in [3.05, 3.63) is 49.6 Å². The van der Waals surface area contributed by atoms with E-state index in [4.69, 9.17) is 4.74 Å². The molecule has 45 heavy (non-hydrogen) atoms. The van der Waals surface area contributed by atoms with Crippen molar-refractivity contribution < 1.29 is 24.2 Å². The lowest BCUT2D eigenvalue weighted by Crippen LogP contribution is -2.61. The lowest BCUT2D eigenvalue weighted by Gasteiger charge is -2.47. The molecule has 3 saturated heterocycles. The molecule has 3 unspecified atom stereocenters. The van der Waals surface area contributed by atoms with Crippen LogP contribution in [-0.4, -0.2) is 87.1 Å². The Labute approximate surface area is 274 Å². The maximum Gasteiger partial charge on any atom is 0.247 e. The van der Waals surface area contributed by atoms with Gasteiger partial charge in [-0.15, -0.1) is 24.9 Å². The molecule has 3 heterocycles. The molecule has 1 spiro atoms. The highest BCUT2D eigenvalue weighted by Gasteiger charge is 2.76. The number of aliphatic hydroxyl groups is 1. The molecule has 9 heteroatoms. The van der Waals surface area contributed by atoms with Crippen LogP contribution >= 0.6 is 11.8 Å². The number of aliphatic hydroxyl groups excluding tert-OH is 1. The smallest absolute Gasteiger partial charge is 0.247 e. The fourth-order valence-corrected chi connectivity index (χ4v) is 10.8. The van der Waals surface area contributed by atoms with Crippen LogP contribution in [0.1, 0.15) is 67.7 Å². The van der Waals surface area contributed by atoms with Gasteiger partial charge in [0, 0.05) is 42.7 Å². The number of carbonyl (C=O) groups is 3. The first-order chi connectivity index (χ1) is 21.2. The highest BCUT2D eigenvalue weighted by atomic mass is 32.2. The quantitative estimate of drug-likeness (QED) is 0.269. The molecule has 6 atom stereocenters. The third-order valence-electron chi connectivity index (χ3n) is 9.63. The molecule has 1 aromatic rings. The topological polar surface area (TPSA) is 90.4 Å². The van der Waals surface area contributed by atoms with Crippen LogP contribution in [0.2, 0.25) is 0 Å². The van der Waals surface area contributed by atoms with Crippen LogP contribution in [0.25, 0.3) is 0 Å². The van der Waals surface area contributed by atoms with Gasteiger partial charge in [-0.3, -0.25) is 14.4 Å². The predicted molar refractivity (Wildman–Crippen MR) is 182 cm³/mol. The summed E-state index contributed by atoms with van der Waals surface area (Å²) in [6.45, 7) is 24.0. The molecule has 0 saturated carbocycles. The lowest BCUT2D eigenvalue weighted by atomic mass is 9.65. The number of anilines is 1. The lowest BCUT2D eigenvalue weighted by molar-refractivity contribution is -0.146. The number of ether oxygens (including phenoxy) is 1. The van der Waals surface area contributed by atoms with Gasteiger partial charge < -0.3 is 24.5 Å². The van der Waals surface area contributed by atoms with E-state index < -0.39 is 28.2 Å². The first kappa shape index (κ1) is 35.1. The Balaban J connectivity index is 1.78. The molecule has 8 nitrogen and oxygen atoms in total. The molecule has 3 fully saturated rings. The molecule has 2 bridgehead atoms. The van der Waals surface area contributed by atoms with Crippen LogP contribution in [0.15, 0.2) is 49.6 Å². The van der Waals surface area contributed by atoms with Gasteiger partial charge in [-0.25, -0.2) is 0 Å². The maximum absolute atomic E-state index is 15.0. The van der Waals surface area contributed by atoms with Crippen LogP contribution in [0.5, 0.6) is 5.75 Å². The molecule has 248 valence electrons. The molecular formula is C36H53N3O5S. The summed E-state index contributed by atoms with van der Waals surface area (Å²) < 4.78 is 4.87. The van der Waals surface area contributed by atoms with E-state index in [1.165, 1.54) is 0 Å². The number of nitrogens with zero attached hydrogens (tertiary/aromatic N) is 3. The molecular weight excluding hydrogens is 586 g/mol. The monoisotopic (exact) mass is 639 g/mol. The minimum Gasteiger partial charge on any atom is -0.494 e.